The Balaban J connectivity index is 2.04. The average Bonchev–Trinajstić information content (AvgIpc) is 2.04. The van der Waals surface area contributed by atoms with Crippen molar-refractivity contribution in [1.82, 2.24) is 4.90 Å². The molecule has 0 amide bonds. The summed E-state index contributed by atoms with van der Waals surface area (Å²) in [6, 6.07) is 1.02. The van der Waals surface area contributed by atoms with Crippen LogP contribution in [-0.4, -0.2) is 50.9 Å². The molecular weight excluding hydrogens is 182 g/mol. The van der Waals surface area contributed by atoms with Gasteiger partial charge in [-0.3, -0.25) is 4.90 Å². The van der Waals surface area contributed by atoms with E-state index in [1.807, 2.05) is 13.1 Å². The van der Waals surface area contributed by atoms with Gasteiger partial charge in [-0.1, -0.05) is 0 Å². The molecular formula is C9H21NO2Si. The monoisotopic (exact) mass is 203 g/mol. The molecule has 78 valence electrons. The minimum Gasteiger partial charge on any atom is -0.432 e. The summed E-state index contributed by atoms with van der Waals surface area (Å²) in [5.74, 6) is 0. The molecule has 0 saturated carbocycles. The van der Waals surface area contributed by atoms with E-state index in [1.54, 1.807) is 0 Å². The number of ether oxygens (including phenoxy) is 1. The topological polar surface area (TPSA) is 32.7 Å². The first-order valence-electron chi connectivity index (χ1n) is 5.10. The van der Waals surface area contributed by atoms with Crippen LogP contribution < -0.4 is 0 Å². The molecule has 0 radical (unpaired) electrons. The van der Waals surface area contributed by atoms with E-state index in [0.29, 0.717) is 0 Å². The lowest BCUT2D eigenvalue weighted by Gasteiger charge is -2.27. The van der Waals surface area contributed by atoms with Crippen LogP contribution in [0.4, 0.5) is 0 Å². The zero-order valence-corrected chi connectivity index (χ0v) is 9.75. The zero-order chi connectivity index (χ0) is 9.73. The third kappa shape index (κ3) is 5.41. The molecule has 1 rings (SSSR count). The minimum atomic E-state index is -1.80. The maximum absolute atomic E-state index is 9.64. The van der Waals surface area contributed by atoms with Gasteiger partial charge in [0.05, 0.1) is 13.2 Å². The zero-order valence-electron chi connectivity index (χ0n) is 8.75. The van der Waals surface area contributed by atoms with E-state index in [2.05, 4.69) is 4.90 Å². The Labute approximate surface area is 81.8 Å². The fourth-order valence-electron chi connectivity index (χ4n) is 1.56. The third-order valence-electron chi connectivity index (χ3n) is 2.37. The van der Waals surface area contributed by atoms with Gasteiger partial charge in [-0.15, -0.1) is 0 Å². The molecule has 1 aliphatic heterocycles. The standard InChI is InChI=1S/C9H21NO2Si/c1-13(2,11)9-3-4-10-5-7-12-8-6-10/h11H,3-9H2,1-2H3. The normalized spacial score (nSPS) is 20.5. The van der Waals surface area contributed by atoms with E-state index >= 15 is 0 Å². The van der Waals surface area contributed by atoms with Gasteiger partial charge in [-0.25, -0.2) is 0 Å². The van der Waals surface area contributed by atoms with Crippen molar-refractivity contribution in [2.75, 3.05) is 32.8 Å². The molecule has 0 aromatic carbocycles. The molecule has 0 bridgehead atoms. The summed E-state index contributed by atoms with van der Waals surface area (Å²) in [5.41, 5.74) is 0. The van der Waals surface area contributed by atoms with Crippen LogP contribution >= 0.6 is 0 Å². The highest BCUT2D eigenvalue weighted by Gasteiger charge is 2.17. The summed E-state index contributed by atoms with van der Waals surface area (Å²) in [6.07, 6.45) is 1.13. The van der Waals surface area contributed by atoms with Crippen molar-refractivity contribution in [3.8, 4) is 0 Å². The second-order valence-electron chi connectivity index (χ2n) is 4.37. The van der Waals surface area contributed by atoms with Crippen molar-refractivity contribution >= 4 is 8.32 Å². The molecule has 1 N–H and O–H groups in total. The molecule has 1 heterocycles. The fourth-order valence-corrected chi connectivity index (χ4v) is 2.58. The molecule has 1 aliphatic rings. The van der Waals surface area contributed by atoms with Crippen LogP contribution in [0.15, 0.2) is 0 Å². The van der Waals surface area contributed by atoms with Gasteiger partial charge in [0.1, 0.15) is 0 Å². The van der Waals surface area contributed by atoms with E-state index in [1.165, 1.54) is 0 Å². The van der Waals surface area contributed by atoms with Crippen molar-refractivity contribution in [3.63, 3.8) is 0 Å². The van der Waals surface area contributed by atoms with Crippen LogP contribution in [0.25, 0.3) is 0 Å². The second kappa shape index (κ2) is 5.10. The first-order valence-corrected chi connectivity index (χ1v) is 8.26. The minimum absolute atomic E-state index is 0.875. The molecule has 13 heavy (non-hydrogen) atoms. The number of morpholine rings is 1. The SMILES string of the molecule is C[Si](C)(O)CCCN1CCOCC1. The van der Waals surface area contributed by atoms with Crippen LogP contribution in [0.1, 0.15) is 6.42 Å². The average molecular weight is 203 g/mol. The van der Waals surface area contributed by atoms with Crippen LogP contribution in [0.3, 0.4) is 0 Å². The molecule has 0 spiro atoms. The molecule has 0 aliphatic carbocycles. The smallest absolute Gasteiger partial charge is 0.182 e. The van der Waals surface area contributed by atoms with E-state index in [4.69, 9.17) is 4.74 Å². The van der Waals surface area contributed by atoms with Gasteiger partial charge in [0.15, 0.2) is 8.32 Å². The van der Waals surface area contributed by atoms with Gasteiger partial charge in [-0.05, 0) is 32.1 Å². The summed E-state index contributed by atoms with van der Waals surface area (Å²) >= 11 is 0. The Morgan fingerprint density at radius 3 is 2.46 bits per heavy atom. The van der Waals surface area contributed by atoms with Crippen molar-refractivity contribution in [3.05, 3.63) is 0 Å². The summed E-state index contributed by atoms with van der Waals surface area (Å²) < 4.78 is 5.26. The largest absolute Gasteiger partial charge is 0.432 e. The first kappa shape index (κ1) is 11.2. The second-order valence-corrected chi connectivity index (χ2v) is 8.49. The Bertz CT molecular complexity index is 141. The molecule has 0 atom stereocenters. The predicted molar refractivity (Wildman–Crippen MR) is 56.4 cm³/mol. The Morgan fingerprint density at radius 2 is 1.92 bits per heavy atom. The van der Waals surface area contributed by atoms with Crippen LogP contribution in [0, 0.1) is 0 Å². The highest BCUT2D eigenvalue weighted by molar-refractivity contribution is 6.69. The summed E-state index contributed by atoms with van der Waals surface area (Å²) in [6.45, 7) is 9.01. The van der Waals surface area contributed by atoms with E-state index in [-0.39, 0.29) is 0 Å². The predicted octanol–water partition coefficient (Wildman–Crippen LogP) is 0.906. The van der Waals surface area contributed by atoms with Crippen LogP contribution in [-0.2, 0) is 4.74 Å². The van der Waals surface area contributed by atoms with Gasteiger partial charge in [0.2, 0.25) is 0 Å². The highest BCUT2D eigenvalue weighted by Crippen LogP contribution is 2.09. The van der Waals surface area contributed by atoms with E-state index in [0.717, 1.165) is 45.3 Å². The van der Waals surface area contributed by atoms with Crippen LogP contribution in [0.2, 0.25) is 19.1 Å². The van der Waals surface area contributed by atoms with Crippen molar-refractivity contribution < 1.29 is 9.53 Å². The van der Waals surface area contributed by atoms with E-state index in [9.17, 15) is 4.80 Å². The molecule has 1 fully saturated rings. The van der Waals surface area contributed by atoms with Crippen molar-refractivity contribution in [1.29, 1.82) is 0 Å². The van der Waals surface area contributed by atoms with Crippen molar-refractivity contribution in [2.45, 2.75) is 25.6 Å². The molecule has 0 aromatic rings. The molecule has 0 aromatic heterocycles. The maximum atomic E-state index is 9.64. The highest BCUT2D eigenvalue weighted by atomic mass is 28.4. The summed E-state index contributed by atoms with van der Waals surface area (Å²) in [4.78, 5) is 12.1. The van der Waals surface area contributed by atoms with Gasteiger partial charge in [0, 0.05) is 13.1 Å². The number of hydrogen-bond acceptors (Lipinski definition) is 3. The molecule has 3 nitrogen and oxygen atoms in total. The van der Waals surface area contributed by atoms with Crippen LogP contribution in [0.5, 0.6) is 0 Å². The summed E-state index contributed by atoms with van der Waals surface area (Å²) in [7, 11) is -1.80. The van der Waals surface area contributed by atoms with Crippen molar-refractivity contribution in [2.24, 2.45) is 0 Å². The van der Waals surface area contributed by atoms with Gasteiger partial charge in [0.25, 0.3) is 0 Å². The lowest BCUT2D eigenvalue weighted by molar-refractivity contribution is 0.0379. The van der Waals surface area contributed by atoms with E-state index < -0.39 is 8.32 Å². The quantitative estimate of drug-likeness (QED) is 0.689. The molecule has 4 heteroatoms. The molecule has 0 unspecified atom stereocenters. The number of nitrogens with zero attached hydrogens (tertiary/aromatic N) is 1. The Kier molecular flexibility index (Phi) is 4.38. The third-order valence-corrected chi connectivity index (χ3v) is 3.94. The van der Waals surface area contributed by atoms with Gasteiger partial charge in [-0.2, -0.15) is 0 Å². The van der Waals surface area contributed by atoms with Gasteiger partial charge >= 0.3 is 0 Å². The lowest BCUT2D eigenvalue weighted by atomic mass is 10.3. The Morgan fingerprint density at radius 1 is 1.31 bits per heavy atom. The Hall–Kier alpha value is 0.0969. The molecule has 1 saturated heterocycles. The number of rotatable bonds is 4. The fraction of sp³-hybridized carbons (Fsp3) is 1.00. The maximum Gasteiger partial charge on any atom is 0.182 e. The summed E-state index contributed by atoms with van der Waals surface area (Å²) in [5, 5.41) is 0. The lowest BCUT2D eigenvalue weighted by Crippen LogP contribution is -2.37. The van der Waals surface area contributed by atoms with Gasteiger partial charge < -0.3 is 9.53 Å². The first-order chi connectivity index (χ1) is 6.08. The number of hydrogen-bond donors (Lipinski definition) is 1.